The topological polar surface area (TPSA) is 47.3 Å². The van der Waals surface area contributed by atoms with E-state index in [1.165, 1.54) is 72.5 Å². The fourth-order valence-electron chi connectivity index (χ4n) is 6.42. The molecule has 0 aliphatic heterocycles. The Labute approximate surface area is 210 Å². The van der Waals surface area contributed by atoms with Crippen LogP contribution in [0.3, 0.4) is 0 Å². The number of nitrogens with two attached hydrogens (primary N) is 1. The first-order valence-electron chi connectivity index (χ1n) is 13.7. The van der Waals surface area contributed by atoms with Gasteiger partial charge in [-0.15, -0.1) is 0 Å². The maximum absolute atomic E-state index is 7.63. The number of rotatable bonds is 7. The Morgan fingerprint density at radius 3 is 2.57 bits per heavy atom. The summed E-state index contributed by atoms with van der Waals surface area (Å²) in [6.07, 6.45) is 14.6. The van der Waals surface area contributed by atoms with Crippen LogP contribution < -0.4 is 11.1 Å². The molecular formula is C31H40N4. The molecule has 2 fully saturated rings. The Balaban J connectivity index is 1.50. The van der Waals surface area contributed by atoms with Crippen molar-refractivity contribution >= 4 is 16.6 Å². The van der Waals surface area contributed by atoms with Gasteiger partial charge < -0.3 is 15.6 Å². The fourth-order valence-corrected chi connectivity index (χ4v) is 6.42. The van der Waals surface area contributed by atoms with Crippen LogP contribution in [-0.4, -0.2) is 23.2 Å². The van der Waals surface area contributed by atoms with Gasteiger partial charge in [0, 0.05) is 35.8 Å². The van der Waals surface area contributed by atoms with Crippen LogP contribution in [0.1, 0.15) is 92.9 Å². The highest BCUT2D eigenvalue weighted by Gasteiger charge is 2.25. The first kappa shape index (κ1) is 24.1. The van der Waals surface area contributed by atoms with Crippen LogP contribution in [0.25, 0.3) is 15.7 Å². The van der Waals surface area contributed by atoms with E-state index in [9.17, 15) is 0 Å². The minimum atomic E-state index is 0.307. The summed E-state index contributed by atoms with van der Waals surface area (Å²) < 4.78 is 2.55. The summed E-state index contributed by atoms with van der Waals surface area (Å²) in [5.41, 5.74) is 12.2. The SMILES string of the molecule is [C-]#[N+]c1ccc2c(c1)c(C(CCNC1CCC(N)CC1)c1cccc(C)c1)cn2C1CCCCC1. The Morgan fingerprint density at radius 2 is 1.83 bits per heavy atom. The van der Waals surface area contributed by atoms with Crippen molar-refractivity contribution in [3.05, 3.63) is 76.8 Å². The van der Waals surface area contributed by atoms with Gasteiger partial charge in [0.2, 0.25) is 0 Å². The summed E-state index contributed by atoms with van der Waals surface area (Å²) in [6, 6.07) is 16.9. The molecule has 2 aromatic carbocycles. The van der Waals surface area contributed by atoms with Crippen molar-refractivity contribution in [1.82, 2.24) is 9.88 Å². The van der Waals surface area contributed by atoms with Crippen molar-refractivity contribution in [3.63, 3.8) is 0 Å². The van der Waals surface area contributed by atoms with Gasteiger partial charge in [0.15, 0.2) is 5.69 Å². The summed E-state index contributed by atoms with van der Waals surface area (Å²) in [5.74, 6) is 0.307. The number of aryl methyl sites for hydroxylation is 1. The molecule has 4 heteroatoms. The molecule has 1 aromatic heterocycles. The van der Waals surface area contributed by atoms with E-state index >= 15 is 0 Å². The van der Waals surface area contributed by atoms with E-state index in [-0.39, 0.29) is 0 Å². The van der Waals surface area contributed by atoms with Crippen LogP contribution in [-0.2, 0) is 0 Å². The van der Waals surface area contributed by atoms with Gasteiger partial charge in [0.05, 0.1) is 6.57 Å². The van der Waals surface area contributed by atoms with Crippen molar-refractivity contribution < 1.29 is 0 Å². The highest BCUT2D eigenvalue weighted by atomic mass is 15.0. The lowest BCUT2D eigenvalue weighted by Gasteiger charge is -2.28. The lowest BCUT2D eigenvalue weighted by molar-refractivity contribution is 0.340. The zero-order valence-corrected chi connectivity index (χ0v) is 21.2. The summed E-state index contributed by atoms with van der Waals surface area (Å²) in [7, 11) is 0. The number of fused-ring (bicyclic) bond motifs is 1. The third-order valence-corrected chi connectivity index (χ3v) is 8.40. The van der Waals surface area contributed by atoms with Crippen molar-refractivity contribution in [3.8, 4) is 0 Å². The summed E-state index contributed by atoms with van der Waals surface area (Å²) in [6.45, 7) is 10.8. The van der Waals surface area contributed by atoms with Crippen molar-refractivity contribution in [1.29, 1.82) is 0 Å². The maximum atomic E-state index is 7.63. The van der Waals surface area contributed by atoms with Crippen molar-refractivity contribution in [2.45, 2.75) is 95.2 Å². The van der Waals surface area contributed by atoms with E-state index in [4.69, 9.17) is 12.3 Å². The Morgan fingerprint density at radius 1 is 1.03 bits per heavy atom. The van der Waals surface area contributed by atoms with Gasteiger partial charge in [-0.2, -0.15) is 0 Å². The minimum absolute atomic E-state index is 0.307. The summed E-state index contributed by atoms with van der Waals surface area (Å²) >= 11 is 0. The van der Waals surface area contributed by atoms with Gasteiger partial charge in [-0.1, -0.05) is 55.2 Å². The zero-order chi connectivity index (χ0) is 24.2. The molecule has 3 N–H and O–H groups in total. The van der Waals surface area contributed by atoms with Gasteiger partial charge in [-0.3, -0.25) is 0 Å². The minimum Gasteiger partial charge on any atom is -0.344 e. The predicted octanol–water partition coefficient (Wildman–Crippen LogP) is 7.39. The van der Waals surface area contributed by atoms with Gasteiger partial charge in [-0.25, -0.2) is 4.85 Å². The Hall–Kier alpha value is -2.61. The molecule has 5 rings (SSSR count). The van der Waals surface area contributed by atoms with Crippen LogP contribution in [0.15, 0.2) is 48.7 Å². The monoisotopic (exact) mass is 468 g/mol. The molecule has 0 bridgehead atoms. The van der Waals surface area contributed by atoms with Gasteiger partial charge in [0.1, 0.15) is 0 Å². The molecule has 2 aliphatic carbocycles. The van der Waals surface area contributed by atoms with Gasteiger partial charge >= 0.3 is 0 Å². The number of hydrogen-bond donors (Lipinski definition) is 2. The largest absolute Gasteiger partial charge is 0.344 e. The molecule has 0 radical (unpaired) electrons. The first-order valence-corrected chi connectivity index (χ1v) is 13.7. The summed E-state index contributed by atoms with van der Waals surface area (Å²) in [4.78, 5) is 3.78. The molecule has 1 atom stereocenters. The molecule has 0 saturated heterocycles. The standard InChI is InChI=1S/C31H40N4/c1-22-7-6-8-23(19-22)28(17-18-34-25-13-11-24(32)12-14-25)30-21-35(27-9-4-3-5-10-27)31-16-15-26(33-2)20-29(30)31/h6-8,15-16,19-21,24-25,27-28,34H,3-5,9-14,17-18,32H2,1H3. The Bertz CT molecular complexity index is 1170. The second kappa shape index (κ2) is 11.0. The van der Waals surface area contributed by atoms with Crippen LogP contribution in [0.4, 0.5) is 5.69 Å². The third-order valence-electron chi connectivity index (χ3n) is 8.40. The van der Waals surface area contributed by atoms with E-state index in [0.717, 1.165) is 31.5 Å². The molecule has 0 spiro atoms. The second-order valence-corrected chi connectivity index (χ2v) is 10.9. The smallest absolute Gasteiger partial charge is 0.187 e. The van der Waals surface area contributed by atoms with E-state index < -0.39 is 0 Å². The number of nitrogens with zero attached hydrogens (tertiary/aromatic N) is 2. The number of benzene rings is 2. The lowest BCUT2D eigenvalue weighted by Crippen LogP contribution is -2.38. The molecule has 3 aromatic rings. The number of aromatic nitrogens is 1. The van der Waals surface area contributed by atoms with Crippen LogP contribution >= 0.6 is 0 Å². The second-order valence-electron chi connectivity index (χ2n) is 10.9. The molecular weight excluding hydrogens is 428 g/mol. The van der Waals surface area contributed by atoms with E-state index in [2.05, 4.69) is 64.2 Å². The molecule has 4 nitrogen and oxygen atoms in total. The fraction of sp³-hybridized carbons (Fsp3) is 0.516. The molecule has 1 heterocycles. The van der Waals surface area contributed by atoms with Crippen LogP contribution in [0.2, 0.25) is 0 Å². The molecule has 0 amide bonds. The van der Waals surface area contributed by atoms with Gasteiger partial charge in [-0.05, 0) is 87.1 Å². The number of hydrogen-bond acceptors (Lipinski definition) is 2. The van der Waals surface area contributed by atoms with E-state index in [0.29, 0.717) is 24.0 Å². The average Bonchev–Trinajstić information content (AvgIpc) is 3.26. The first-order chi connectivity index (χ1) is 17.1. The lowest BCUT2D eigenvalue weighted by atomic mass is 9.87. The molecule has 1 unspecified atom stereocenters. The highest BCUT2D eigenvalue weighted by molar-refractivity contribution is 5.88. The van der Waals surface area contributed by atoms with Crippen molar-refractivity contribution in [2.75, 3.05) is 6.54 Å². The summed E-state index contributed by atoms with van der Waals surface area (Å²) in [5, 5.41) is 5.12. The highest BCUT2D eigenvalue weighted by Crippen LogP contribution is 2.40. The normalized spacial score (nSPS) is 22.2. The van der Waals surface area contributed by atoms with E-state index in [1.807, 2.05) is 6.07 Å². The Kier molecular flexibility index (Phi) is 7.56. The van der Waals surface area contributed by atoms with Gasteiger partial charge in [0.25, 0.3) is 0 Å². The predicted molar refractivity (Wildman–Crippen MR) is 146 cm³/mol. The quantitative estimate of drug-likeness (QED) is 0.355. The maximum Gasteiger partial charge on any atom is 0.187 e. The average molecular weight is 469 g/mol. The molecule has 2 saturated carbocycles. The molecule has 184 valence electrons. The van der Waals surface area contributed by atoms with E-state index in [1.54, 1.807) is 0 Å². The van der Waals surface area contributed by atoms with Crippen molar-refractivity contribution in [2.24, 2.45) is 5.73 Å². The number of nitrogens with one attached hydrogen (secondary N) is 1. The van der Waals surface area contributed by atoms with Crippen LogP contribution in [0, 0.1) is 13.5 Å². The molecule has 35 heavy (non-hydrogen) atoms. The zero-order valence-electron chi connectivity index (χ0n) is 21.2. The molecule has 2 aliphatic rings. The third kappa shape index (κ3) is 5.47. The van der Waals surface area contributed by atoms with Crippen LogP contribution in [0.5, 0.6) is 0 Å².